The van der Waals surface area contributed by atoms with E-state index in [4.69, 9.17) is 0 Å². The first kappa shape index (κ1) is 17.7. The summed E-state index contributed by atoms with van der Waals surface area (Å²) in [7, 11) is 0. The molecule has 4 rings (SSSR count). The molecule has 0 saturated carbocycles. The van der Waals surface area contributed by atoms with Crippen LogP contribution < -0.4 is 0 Å². The summed E-state index contributed by atoms with van der Waals surface area (Å²) < 4.78 is 13.9. The molecule has 1 aromatic heterocycles. The number of nitrogens with zero attached hydrogens (tertiary/aromatic N) is 3. The smallest absolute Gasteiger partial charge is 0.236 e. The second-order valence-corrected chi connectivity index (χ2v) is 7.79. The molecule has 5 nitrogen and oxygen atoms in total. The van der Waals surface area contributed by atoms with Gasteiger partial charge in [-0.2, -0.15) is 0 Å². The van der Waals surface area contributed by atoms with Gasteiger partial charge in [-0.3, -0.25) is 9.89 Å². The highest BCUT2D eigenvalue weighted by molar-refractivity contribution is 8.00. The van der Waals surface area contributed by atoms with Gasteiger partial charge in [0.05, 0.1) is 10.8 Å². The minimum absolute atomic E-state index is 0.0618. The number of halogens is 1. The quantitative estimate of drug-likeness (QED) is 0.700. The number of carbonyl (C=O) groups is 1. The van der Waals surface area contributed by atoms with Crippen LogP contribution in [0.5, 0.6) is 0 Å². The van der Waals surface area contributed by atoms with Crippen LogP contribution >= 0.6 is 11.8 Å². The molecule has 2 aromatic carbocycles. The molecule has 2 heterocycles. The monoisotopic (exact) mass is 382 g/mol. The molecule has 0 radical (unpaired) electrons. The highest BCUT2D eigenvalue weighted by atomic mass is 32.2. The van der Waals surface area contributed by atoms with Crippen LogP contribution in [0.25, 0.3) is 11.4 Å². The number of hydrogen-bond donors (Lipinski definition) is 1. The fourth-order valence-corrected chi connectivity index (χ4v) is 4.03. The number of amides is 1. The lowest BCUT2D eigenvalue weighted by Crippen LogP contribution is -2.40. The molecule has 1 N–H and O–H groups in total. The summed E-state index contributed by atoms with van der Waals surface area (Å²) in [5.74, 6) is 0.0650. The first-order valence-electron chi connectivity index (χ1n) is 8.81. The van der Waals surface area contributed by atoms with Crippen molar-refractivity contribution < 1.29 is 9.18 Å². The van der Waals surface area contributed by atoms with Crippen molar-refractivity contribution in [1.29, 1.82) is 0 Å². The van der Waals surface area contributed by atoms with Crippen molar-refractivity contribution in [3.8, 4) is 11.4 Å². The van der Waals surface area contributed by atoms with Gasteiger partial charge in [0.1, 0.15) is 5.82 Å². The van der Waals surface area contributed by atoms with E-state index in [-0.39, 0.29) is 17.0 Å². The maximum absolute atomic E-state index is 13.9. The van der Waals surface area contributed by atoms with Gasteiger partial charge in [-0.25, -0.2) is 9.37 Å². The van der Waals surface area contributed by atoms with Gasteiger partial charge < -0.3 is 4.90 Å². The number of hydrogen-bond acceptors (Lipinski definition) is 4. The Labute approximate surface area is 161 Å². The van der Waals surface area contributed by atoms with E-state index in [9.17, 15) is 9.18 Å². The predicted octanol–water partition coefficient (Wildman–Crippen LogP) is 3.68. The van der Waals surface area contributed by atoms with E-state index in [2.05, 4.69) is 27.3 Å². The summed E-state index contributed by atoms with van der Waals surface area (Å²) in [5, 5.41) is 7.00. The van der Waals surface area contributed by atoms with Gasteiger partial charge in [0.2, 0.25) is 11.1 Å². The molecule has 0 aliphatic carbocycles. The van der Waals surface area contributed by atoms with Gasteiger partial charge in [-0.15, -0.1) is 5.10 Å². The molecule has 1 unspecified atom stereocenters. The molecule has 0 fully saturated rings. The maximum Gasteiger partial charge on any atom is 0.236 e. The first-order chi connectivity index (χ1) is 13.1. The Morgan fingerprint density at radius 3 is 2.74 bits per heavy atom. The molecule has 1 aliphatic heterocycles. The second-order valence-electron chi connectivity index (χ2n) is 6.49. The number of aromatic amines is 1. The largest absolute Gasteiger partial charge is 0.337 e. The number of carbonyl (C=O) groups excluding carboxylic acids is 1. The average molecular weight is 382 g/mol. The van der Waals surface area contributed by atoms with E-state index >= 15 is 0 Å². The van der Waals surface area contributed by atoms with Crippen LogP contribution in [0.15, 0.2) is 53.7 Å². The molecule has 0 bridgehead atoms. The molecule has 1 atom stereocenters. The summed E-state index contributed by atoms with van der Waals surface area (Å²) >= 11 is 1.28. The molecule has 1 aliphatic rings. The van der Waals surface area contributed by atoms with Crippen LogP contribution in [0, 0.1) is 5.82 Å². The molecule has 0 spiro atoms. The number of benzene rings is 2. The van der Waals surface area contributed by atoms with Crippen molar-refractivity contribution in [3.63, 3.8) is 0 Å². The van der Waals surface area contributed by atoms with Crippen molar-refractivity contribution in [3.05, 3.63) is 65.5 Å². The third kappa shape index (κ3) is 3.73. The molecular formula is C20H19FN4OS. The summed E-state index contributed by atoms with van der Waals surface area (Å²) in [4.78, 5) is 19.0. The summed E-state index contributed by atoms with van der Waals surface area (Å²) in [6, 6.07) is 14.6. The summed E-state index contributed by atoms with van der Waals surface area (Å²) in [5.41, 5.74) is 2.88. The zero-order chi connectivity index (χ0) is 18.8. The Morgan fingerprint density at radius 2 is 1.93 bits per heavy atom. The lowest BCUT2D eigenvalue weighted by molar-refractivity contribution is -0.131. The Bertz CT molecular complexity index is 974. The fraction of sp³-hybridized carbons (Fsp3) is 0.250. The standard InChI is InChI=1S/C20H19FN4OS/c1-13(19(26)25-11-10-14-6-2-3-7-15(14)12-25)27-20-22-18(23-24-20)16-8-4-5-9-17(16)21/h2-9,13H,10-12H2,1H3,(H,22,23,24). The minimum Gasteiger partial charge on any atom is -0.337 e. The number of rotatable bonds is 4. The zero-order valence-electron chi connectivity index (χ0n) is 14.9. The highest BCUT2D eigenvalue weighted by Crippen LogP contribution is 2.27. The Kier molecular flexibility index (Phi) is 4.94. The molecule has 1 amide bonds. The van der Waals surface area contributed by atoms with Crippen molar-refractivity contribution >= 4 is 17.7 Å². The van der Waals surface area contributed by atoms with Gasteiger partial charge in [0, 0.05) is 13.1 Å². The minimum atomic E-state index is -0.360. The molecule has 0 saturated heterocycles. The van der Waals surface area contributed by atoms with Gasteiger partial charge in [-0.1, -0.05) is 48.2 Å². The second kappa shape index (κ2) is 7.52. The van der Waals surface area contributed by atoms with Crippen LogP contribution in [0.2, 0.25) is 0 Å². The lowest BCUT2D eigenvalue weighted by Gasteiger charge is -2.30. The summed E-state index contributed by atoms with van der Waals surface area (Å²) in [6.07, 6.45) is 0.872. The van der Waals surface area contributed by atoms with Crippen LogP contribution in [0.3, 0.4) is 0 Å². The number of thioether (sulfide) groups is 1. The molecule has 7 heteroatoms. The zero-order valence-corrected chi connectivity index (χ0v) is 15.7. The van der Waals surface area contributed by atoms with Gasteiger partial charge in [0.25, 0.3) is 0 Å². The Morgan fingerprint density at radius 1 is 1.19 bits per heavy atom. The van der Waals surface area contributed by atoms with Crippen molar-refractivity contribution in [2.75, 3.05) is 6.54 Å². The average Bonchev–Trinajstić information content (AvgIpc) is 3.15. The third-order valence-electron chi connectivity index (χ3n) is 4.67. The van der Waals surface area contributed by atoms with Crippen molar-refractivity contribution in [2.45, 2.75) is 30.3 Å². The van der Waals surface area contributed by atoms with E-state index in [1.165, 1.54) is 29.0 Å². The molecule has 138 valence electrons. The maximum atomic E-state index is 13.9. The van der Waals surface area contributed by atoms with E-state index < -0.39 is 0 Å². The van der Waals surface area contributed by atoms with Crippen LogP contribution in [-0.4, -0.2) is 37.8 Å². The van der Waals surface area contributed by atoms with Gasteiger partial charge in [-0.05, 0) is 36.6 Å². The normalized spacial score (nSPS) is 14.7. The summed E-state index contributed by atoms with van der Waals surface area (Å²) in [6.45, 7) is 3.20. The number of fused-ring (bicyclic) bond motifs is 1. The SMILES string of the molecule is CC(Sc1n[nH]c(-c2ccccc2F)n1)C(=O)N1CCc2ccccc2C1. The number of aromatic nitrogens is 3. The fourth-order valence-electron chi connectivity index (χ4n) is 3.22. The van der Waals surface area contributed by atoms with E-state index in [0.717, 1.165) is 13.0 Å². The highest BCUT2D eigenvalue weighted by Gasteiger charge is 2.26. The molecule has 3 aromatic rings. The van der Waals surface area contributed by atoms with Crippen molar-refractivity contribution in [2.24, 2.45) is 0 Å². The van der Waals surface area contributed by atoms with Crippen LogP contribution in [-0.2, 0) is 17.8 Å². The first-order valence-corrected chi connectivity index (χ1v) is 9.69. The third-order valence-corrected chi connectivity index (χ3v) is 5.61. The molecule has 27 heavy (non-hydrogen) atoms. The van der Waals surface area contributed by atoms with Gasteiger partial charge in [0.15, 0.2) is 5.82 Å². The van der Waals surface area contributed by atoms with Crippen molar-refractivity contribution in [1.82, 2.24) is 20.1 Å². The topological polar surface area (TPSA) is 61.9 Å². The predicted molar refractivity (Wildman–Crippen MR) is 103 cm³/mol. The van der Waals surface area contributed by atoms with Crippen LogP contribution in [0.1, 0.15) is 18.1 Å². The van der Waals surface area contributed by atoms with E-state index in [1.54, 1.807) is 18.2 Å². The van der Waals surface area contributed by atoms with E-state index in [0.29, 0.717) is 23.1 Å². The lowest BCUT2D eigenvalue weighted by atomic mass is 10.00. The number of nitrogens with one attached hydrogen (secondary N) is 1. The van der Waals surface area contributed by atoms with E-state index in [1.807, 2.05) is 24.0 Å². The van der Waals surface area contributed by atoms with Crippen LogP contribution in [0.4, 0.5) is 4.39 Å². The number of H-pyrrole nitrogens is 1. The van der Waals surface area contributed by atoms with Gasteiger partial charge >= 0.3 is 0 Å². The Balaban J connectivity index is 1.43. The Hall–Kier alpha value is -2.67. The molecular weight excluding hydrogens is 363 g/mol.